The molecule has 15 heavy (non-hydrogen) atoms. The monoisotopic (exact) mass is 211 g/mol. The van der Waals surface area contributed by atoms with E-state index in [0.29, 0.717) is 5.95 Å². The maximum atomic E-state index is 5.52. The van der Waals surface area contributed by atoms with Crippen LogP contribution in [-0.4, -0.2) is 28.3 Å². The predicted molar refractivity (Wildman–Crippen MR) is 62.8 cm³/mol. The summed E-state index contributed by atoms with van der Waals surface area (Å²) in [5.41, 5.74) is 5.52. The van der Waals surface area contributed by atoms with Crippen molar-refractivity contribution in [2.24, 2.45) is 0 Å². The third kappa shape index (κ3) is 3.77. The number of nitrogens with one attached hydrogen (secondary N) is 1. The molecule has 0 radical (unpaired) electrons. The van der Waals surface area contributed by atoms with Crippen LogP contribution in [0.2, 0.25) is 0 Å². The Kier molecular flexibility index (Phi) is 4.93. The highest BCUT2D eigenvalue weighted by atomic mass is 15.4. The van der Waals surface area contributed by atoms with Crippen molar-refractivity contribution >= 4 is 11.9 Å². The van der Waals surface area contributed by atoms with E-state index < -0.39 is 0 Å². The molecule has 0 saturated carbocycles. The molecule has 0 fully saturated rings. The molecule has 3 N–H and O–H groups in total. The summed E-state index contributed by atoms with van der Waals surface area (Å²) in [5, 5.41) is 6.76. The lowest BCUT2D eigenvalue weighted by Crippen LogP contribution is -2.26. The number of aromatic nitrogens is 3. The van der Waals surface area contributed by atoms with Crippen molar-refractivity contribution in [2.45, 2.75) is 39.5 Å². The van der Waals surface area contributed by atoms with E-state index in [2.05, 4.69) is 33.9 Å². The Bertz CT molecular complexity index is 263. The first-order valence-corrected chi connectivity index (χ1v) is 5.70. The largest absolute Gasteiger partial charge is 0.368 e. The number of hydrogen-bond acceptors (Lipinski definition) is 4. The second kappa shape index (κ2) is 6.27. The Labute approximate surface area is 91.1 Å². The molecule has 1 heterocycles. The molecule has 0 amide bonds. The van der Waals surface area contributed by atoms with Gasteiger partial charge >= 0.3 is 0 Å². The summed E-state index contributed by atoms with van der Waals surface area (Å²) in [6.07, 6.45) is 4.70. The van der Waals surface area contributed by atoms with E-state index in [-0.39, 0.29) is 0 Å². The lowest BCUT2D eigenvalue weighted by Gasteiger charge is -2.20. The number of anilines is 2. The van der Waals surface area contributed by atoms with Gasteiger partial charge in [-0.05, 0) is 12.8 Å². The Balaban J connectivity index is 2.54. The number of nitrogen functional groups attached to an aromatic ring is 1. The van der Waals surface area contributed by atoms with Gasteiger partial charge in [0.1, 0.15) is 0 Å². The van der Waals surface area contributed by atoms with Gasteiger partial charge in [0.25, 0.3) is 0 Å². The van der Waals surface area contributed by atoms with Crippen molar-refractivity contribution in [3.63, 3.8) is 0 Å². The van der Waals surface area contributed by atoms with Gasteiger partial charge in [-0.25, -0.2) is 5.10 Å². The third-order valence-corrected chi connectivity index (χ3v) is 2.34. The Morgan fingerprint density at radius 3 is 2.20 bits per heavy atom. The number of rotatable bonds is 7. The van der Waals surface area contributed by atoms with E-state index in [9.17, 15) is 0 Å². The molecule has 5 heteroatoms. The standard InChI is InChI=1S/C10H21N5/c1-3-5-7-15(8-6-4-2)10-12-9(11)13-14-10/h3-8H2,1-2H3,(H3,11,12,13,14). The van der Waals surface area contributed by atoms with Gasteiger partial charge in [0, 0.05) is 13.1 Å². The quantitative estimate of drug-likeness (QED) is 0.721. The molecule has 0 aliphatic carbocycles. The Morgan fingerprint density at radius 2 is 1.80 bits per heavy atom. The van der Waals surface area contributed by atoms with Gasteiger partial charge in [0.15, 0.2) is 0 Å². The molecule has 1 aromatic rings. The first-order valence-electron chi connectivity index (χ1n) is 5.70. The first-order chi connectivity index (χ1) is 7.27. The molecule has 0 aromatic carbocycles. The number of hydrogen-bond donors (Lipinski definition) is 2. The summed E-state index contributed by atoms with van der Waals surface area (Å²) in [5.74, 6) is 1.12. The summed E-state index contributed by atoms with van der Waals surface area (Å²) in [7, 11) is 0. The summed E-state index contributed by atoms with van der Waals surface area (Å²) in [6, 6.07) is 0. The molecule has 0 atom stereocenters. The van der Waals surface area contributed by atoms with E-state index in [4.69, 9.17) is 5.73 Å². The summed E-state index contributed by atoms with van der Waals surface area (Å²) >= 11 is 0. The zero-order valence-electron chi connectivity index (χ0n) is 9.66. The molecule has 1 rings (SSSR count). The van der Waals surface area contributed by atoms with Crippen LogP contribution < -0.4 is 10.6 Å². The molecule has 0 aliphatic heterocycles. The lowest BCUT2D eigenvalue weighted by molar-refractivity contribution is 0.664. The van der Waals surface area contributed by atoms with Crippen molar-refractivity contribution in [3.05, 3.63) is 0 Å². The van der Waals surface area contributed by atoms with Crippen molar-refractivity contribution in [3.8, 4) is 0 Å². The van der Waals surface area contributed by atoms with Crippen LogP contribution in [0.1, 0.15) is 39.5 Å². The van der Waals surface area contributed by atoms with Crippen molar-refractivity contribution in [1.82, 2.24) is 15.2 Å². The second-order valence-electron chi connectivity index (χ2n) is 3.71. The molecular formula is C10H21N5. The minimum absolute atomic E-state index is 0.392. The second-order valence-corrected chi connectivity index (χ2v) is 3.71. The highest BCUT2D eigenvalue weighted by Crippen LogP contribution is 2.10. The van der Waals surface area contributed by atoms with Gasteiger partial charge in [-0.1, -0.05) is 26.7 Å². The summed E-state index contributed by atoms with van der Waals surface area (Å²) in [6.45, 7) is 6.39. The zero-order valence-corrected chi connectivity index (χ0v) is 9.66. The molecule has 86 valence electrons. The maximum Gasteiger partial charge on any atom is 0.246 e. The number of nitrogens with zero attached hydrogens (tertiary/aromatic N) is 3. The van der Waals surface area contributed by atoms with Crippen LogP contribution in [0.4, 0.5) is 11.9 Å². The normalized spacial score (nSPS) is 10.5. The average molecular weight is 211 g/mol. The fourth-order valence-corrected chi connectivity index (χ4v) is 1.42. The molecule has 0 spiro atoms. The SMILES string of the molecule is CCCCN(CCCC)c1n[nH]c(N)n1. The number of nitrogens with two attached hydrogens (primary N) is 1. The van der Waals surface area contributed by atoms with Crippen LogP contribution in [0.15, 0.2) is 0 Å². The topological polar surface area (TPSA) is 70.8 Å². The van der Waals surface area contributed by atoms with Gasteiger partial charge in [0.05, 0.1) is 0 Å². The number of H-pyrrole nitrogens is 1. The van der Waals surface area contributed by atoms with Crippen molar-refractivity contribution < 1.29 is 0 Å². The van der Waals surface area contributed by atoms with Crippen LogP contribution in [0, 0.1) is 0 Å². The van der Waals surface area contributed by atoms with Gasteiger partial charge in [0.2, 0.25) is 11.9 Å². The van der Waals surface area contributed by atoms with Crippen molar-refractivity contribution in [2.75, 3.05) is 23.7 Å². The highest BCUT2D eigenvalue weighted by molar-refractivity contribution is 5.33. The first kappa shape index (κ1) is 11.8. The average Bonchev–Trinajstić information content (AvgIpc) is 2.65. The van der Waals surface area contributed by atoms with Crippen LogP contribution in [-0.2, 0) is 0 Å². The minimum atomic E-state index is 0.392. The van der Waals surface area contributed by atoms with Crippen LogP contribution in [0.3, 0.4) is 0 Å². The van der Waals surface area contributed by atoms with E-state index in [0.717, 1.165) is 31.9 Å². The molecule has 0 saturated heterocycles. The fourth-order valence-electron chi connectivity index (χ4n) is 1.42. The molecule has 1 aromatic heterocycles. The minimum Gasteiger partial charge on any atom is -0.368 e. The Morgan fingerprint density at radius 1 is 1.20 bits per heavy atom. The summed E-state index contributed by atoms with van der Waals surface area (Å²) < 4.78 is 0. The Hall–Kier alpha value is -1.26. The van der Waals surface area contributed by atoms with Gasteiger partial charge in [-0.15, -0.1) is 5.10 Å². The fraction of sp³-hybridized carbons (Fsp3) is 0.800. The maximum absolute atomic E-state index is 5.52. The predicted octanol–water partition coefficient (Wildman–Crippen LogP) is 1.79. The van der Waals surface area contributed by atoms with Crippen LogP contribution in [0.5, 0.6) is 0 Å². The molecular weight excluding hydrogens is 190 g/mol. The van der Waals surface area contributed by atoms with Crippen molar-refractivity contribution in [1.29, 1.82) is 0 Å². The molecule has 0 unspecified atom stereocenters. The number of aromatic amines is 1. The molecule has 0 aliphatic rings. The van der Waals surface area contributed by atoms with E-state index >= 15 is 0 Å². The van der Waals surface area contributed by atoms with Crippen LogP contribution in [0.25, 0.3) is 0 Å². The van der Waals surface area contributed by atoms with Crippen LogP contribution >= 0.6 is 0 Å². The van der Waals surface area contributed by atoms with E-state index in [1.165, 1.54) is 12.8 Å². The zero-order chi connectivity index (χ0) is 11.1. The molecule has 5 nitrogen and oxygen atoms in total. The lowest BCUT2D eigenvalue weighted by atomic mass is 10.3. The van der Waals surface area contributed by atoms with E-state index in [1.54, 1.807) is 0 Å². The number of unbranched alkanes of at least 4 members (excludes halogenated alkanes) is 2. The van der Waals surface area contributed by atoms with Gasteiger partial charge in [-0.2, -0.15) is 4.98 Å². The van der Waals surface area contributed by atoms with Gasteiger partial charge in [-0.3, -0.25) is 0 Å². The summed E-state index contributed by atoms with van der Waals surface area (Å²) in [4.78, 5) is 6.35. The smallest absolute Gasteiger partial charge is 0.246 e. The molecule has 0 bridgehead atoms. The van der Waals surface area contributed by atoms with E-state index in [1.807, 2.05) is 0 Å². The van der Waals surface area contributed by atoms with Gasteiger partial charge < -0.3 is 10.6 Å². The highest BCUT2D eigenvalue weighted by Gasteiger charge is 2.09. The third-order valence-electron chi connectivity index (χ3n) is 2.34.